The Labute approximate surface area is 88.7 Å². The van der Waals surface area contributed by atoms with Crippen molar-refractivity contribution in [3.8, 4) is 0 Å². The highest BCUT2D eigenvalue weighted by Crippen LogP contribution is 2.26. The zero-order chi connectivity index (χ0) is 10.8. The monoisotopic (exact) mass is 207 g/mol. The number of fused-ring (bicyclic) bond motifs is 1. The Morgan fingerprint density at radius 1 is 1.40 bits per heavy atom. The second-order valence-electron chi connectivity index (χ2n) is 3.74. The maximum Gasteiger partial charge on any atom is 0.132 e. The first-order valence-corrected chi connectivity index (χ1v) is 5.20. The van der Waals surface area contributed by atoms with Crippen molar-refractivity contribution < 1.29 is 9.23 Å². The summed E-state index contributed by atoms with van der Waals surface area (Å²) in [7, 11) is 0. The van der Waals surface area contributed by atoms with Crippen molar-refractivity contribution in [3.05, 3.63) is 34.6 Å². The fourth-order valence-corrected chi connectivity index (χ4v) is 1.95. The van der Waals surface area contributed by atoms with E-state index in [-0.39, 0.29) is 5.82 Å². The molecule has 0 bridgehead atoms. The Morgan fingerprint density at radius 2 is 2.20 bits per heavy atom. The summed E-state index contributed by atoms with van der Waals surface area (Å²) in [4.78, 5) is 4.98. The van der Waals surface area contributed by atoms with Crippen LogP contribution in [0.15, 0.2) is 17.3 Å². The molecule has 0 heterocycles. The number of oxime groups is 1. The van der Waals surface area contributed by atoms with Crippen LogP contribution in [-0.4, -0.2) is 12.3 Å². The van der Waals surface area contributed by atoms with E-state index >= 15 is 0 Å². The Bertz CT molecular complexity index is 412. The predicted octanol–water partition coefficient (Wildman–Crippen LogP) is 2.82. The molecule has 0 amide bonds. The molecular formula is C12H14FNO. The molecule has 0 spiro atoms. The average molecular weight is 207 g/mol. The third-order valence-corrected chi connectivity index (χ3v) is 2.54. The summed E-state index contributed by atoms with van der Waals surface area (Å²) in [5.74, 6) is -0.180. The number of benzene rings is 1. The predicted molar refractivity (Wildman–Crippen MR) is 57.6 cm³/mol. The largest absolute Gasteiger partial charge is 0.396 e. The highest BCUT2D eigenvalue weighted by molar-refractivity contribution is 6.04. The van der Waals surface area contributed by atoms with Crippen molar-refractivity contribution in [1.82, 2.24) is 0 Å². The number of hydrogen-bond acceptors (Lipinski definition) is 2. The van der Waals surface area contributed by atoms with Crippen LogP contribution in [0.25, 0.3) is 0 Å². The number of rotatable bonds is 2. The molecule has 0 aromatic heterocycles. The molecule has 0 aliphatic heterocycles. The molecule has 3 heteroatoms. The number of aryl methyl sites for hydroxylation is 2. The van der Waals surface area contributed by atoms with E-state index in [4.69, 9.17) is 4.84 Å². The Balaban J connectivity index is 2.42. The molecule has 2 rings (SSSR count). The van der Waals surface area contributed by atoms with E-state index in [0.717, 1.165) is 29.7 Å². The number of nitrogens with zero attached hydrogens (tertiary/aromatic N) is 1. The van der Waals surface area contributed by atoms with Gasteiger partial charge in [0.15, 0.2) is 0 Å². The highest BCUT2D eigenvalue weighted by Gasteiger charge is 2.22. The van der Waals surface area contributed by atoms with Gasteiger partial charge in [-0.05, 0) is 43.9 Å². The standard InChI is InChI=1S/C12H14FNO/c1-3-15-14-11-5-4-9-6-8(2)7-10(13)12(9)11/h6-7H,3-5H2,1-2H3/b14-11+. The van der Waals surface area contributed by atoms with Gasteiger partial charge >= 0.3 is 0 Å². The molecule has 1 aromatic rings. The Kier molecular flexibility index (Phi) is 2.71. The van der Waals surface area contributed by atoms with Crippen molar-refractivity contribution in [3.63, 3.8) is 0 Å². The van der Waals surface area contributed by atoms with Crippen LogP contribution < -0.4 is 0 Å². The number of hydrogen-bond donors (Lipinski definition) is 0. The van der Waals surface area contributed by atoms with Gasteiger partial charge in [-0.1, -0.05) is 11.2 Å². The van der Waals surface area contributed by atoms with Crippen LogP contribution in [0, 0.1) is 12.7 Å². The molecule has 0 fully saturated rings. The van der Waals surface area contributed by atoms with Crippen LogP contribution in [-0.2, 0) is 11.3 Å². The van der Waals surface area contributed by atoms with Gasteiger partial charge in [0.2, 0.25) is 0 Å². The van der Waals surface area contributed by atoms with Crippen LogP contribution in [0.3, 0.4) is 0 Å². The fraction of sp³-hybridized carbons (Fsp3) is 0.417. The molecule has 0 saturated carbocycles. The van der Waals surface area contributed by atoms with Gasteiger partial charge in [-0.15, -0.1) is 0 Å². The lowest BCUT2D eigenvalue weighted by Gasteiger charge is -2.03. The van der Waals surface area contributed by atoms with Gasteiger partial charge in [0.25, 0.3) is 0 Å². The minimum Gasteiger partial charge on any atom is -0.396 e. The van der Waals surface area contributed by atoms with Gasteiger partial charge < -0.3 is 4.84 Å². The molecule has 0 radical (unpaired) electrons. The molecule has 0 atom stereocenters. The van der Waals surface area contributed by atoms with Gasteiger partial charge in [-0.3, -0.25) is 0 Å². The molecule has 15 heavy (non-hydrogen) atoms. The van der Waals surface area contributed by atoms with E-state index in [1.807, 2.05) is 19.9 Å². The average Bonchev–Trinajstić information content (AvgIpc) is 2.58. The van der Waals surface area contributed by atoms with Crippen molar-refractivity contribution in [1.29, 1.82) is 0 Å². The van der Waals surface area contributed by atoms with Gasteiger partial charge in [0.05, 0.1) is 5.71 Å². The van der Waals surface area contributed by atoms with Gasteiger partial charge in [0.1, 0.15) is 12.4 Å². The first-order chi connectivity index (χ1) is 7.22. The quantitative estimate of drug-likeness (QED) is 0.683. The van der Waals surface area contributed by atoms with Crippen LogP contribution in [0.5, 0.6) is 0 Å². The molecule has 1 aliphatic carbocycles. The van der Waals surface area contributed by atoms with E-state index in [9.17, 15) is 4.39 Å². The fourth-order valence-electron chi connectivity index (χ4n) is 1.95. The number of halogens is 1. The van der Waals surface area contributed by atoms with E-state index in [1.54, 1.807) is 6.07 Å². The highest BCUT2D eigenvalue weighted by atomic mass is 19.1. The molecule has 1 aliphatic rings. The summed E-state index contributed by atoms with van der Waals surface area (Å²) >= 11 is 0. The SMILES string of the molecule is CCO/N=C1\CCc2cc(C)cc(F)c21. The summed E-state index contributed by atoms with van der Waals surface area (Å²) in [6, 6.07) is 3.57. The third-order valence-electron chi connectivity index (χ3n) is 2.54. The molecule has 0 unspecified atom stereocenters. The lowest BCUT2D eigenvalue weighted by Crippen LogP contribution is -2.00. The van der Waals surface area contributed by atoms with Crippen molar-refractivity contribution in [2.75, 3.05) is 6.61 Å². The van der Waals surface area contributed by atoms with Crippen molar-refractivity contribution in [2.24, 2.45) is 5.16 Å². The first kappa shape index (κ1) is 10.1. The summed E-state index contributed by atoms with van der Waals surface area (Å²) in [5, 5.41) is 3.95. The van der Waals surface area contributed by atoms with E-state index in [2.05, 4.69) is 5.16 Å². The van der Waals surface area contributed by atoms with Crippen LogP contribution >= 0.6 is 0 Å². The molecule has 0 N–H and O–H groups in total. The lowest BCUT2D eigenvalue weighted by atomic mass is 10.1. The zero-order valence-electron chi connectivity index (χ0n) is 9.01. The van der Waals surface area contributed by atoms with Crippen LogP contribution in [0.1, 0.15) is 30.0 Å². The smallest absolute Gasteiger partial charge is 0.132 e. The van der Waals surface area contributed by atoms with Gasteiger partial charge in [-0.2, -0.15) is 0 Å². The Hall–Kier alpha value is -1.38. The second-order valence-corrected chi connectivity index (χ2v) is 3.74. The van der Waals surface area contributed by atoms with E-state index in [1.165, 1.54) is 0 Å². The Morgan fingerprint density at radius 3 is 2.93 bits per heavy atom. The molecule has 2 nitrogen and oxygen atoms in total. The topological polar surface area (TPSA) is 21.6 Å². The maximum atomic E-state index is 13.7. The van der Waals surface area contributed by atoms with Crippen molar-refractivity contribution in [2.45, 2.75) is 26.7 Å². The van der Waals surface area contributed by atoms with Crippen molar-refractivity contribution >= 4 is 5.71 Å². The normalized spacial score (nSPS) is 16.9. The minimum atomic E-state index is -0.180. The summed E-state index contributed by atoms with van der Waals surface area (Å²) in [5.41, 5.74) is 3.40. The van der Waals surface area contributed by atoms with Gasteiger partial charge in [0, 0.05) is 5.56 Å². The van der Waals surface area contributed by atoms with Crippen LogP contribution in [0.4, 0.5) is 4.39 Å². The third kappa shape index (κ3) is 1.87. The maximum absolute atomic E-state index is 13.7. The second kappa shape index (κ2) is 4.01. The first-order valence-electron chi connectivity index (χ1n) is 5.20. The molecule has 80 valence electrons. The van der Waals surface area contributed by atoms with E-state index < -0.39 is 0 Å². The summed E-state index contributed by atoms with van der Waals surface area (Å²) < 4.78 is 13.7. The van der Waals surface area contributed by atoms with Crippen LogP contribution in [0.2, 0.25) is 0 Å². The summed E-state index contributed by atoms with van der Waals surface area (Å²) in [6.45, 7) is 4.29. The minimum absolute atomic E-state index is 0.180. The lowest BCUT2D eigenvalue weighted by molar-refractivity contribution is 0.158. The zero-order valence-corrected chi connectivity index (χ0v) is 9.01. The van der Waals surface area contributed by atoms with Gasteiger partial charge in [-0.25, -0.2) is 4.39 Å². The molecule has 0 saturated heterocycles. The summed E-state index contributed by atoms with van der Waals surface area (Å²) in [6.07, 6.45) is 1.63. The molecular weight excluding hydrogens is 193 g/mol. The van der Waals surface area contributed by atoms with E-state index in [0.29, 0.717) is 12.2 Å². The molecule has 1 aromatic carbocycles.